The fourth-order valence-corrected chi connectivity index (χ4v) is 3.26. The molecule has 0 fully saturated rings. The Bertz CT molecular complexity index is 709. The zero-order valence-corrected chi connectivity index (χ0v) is 13.9. The van der Waals surface area contributed by atoms with Gasteiger partial charge in [0.2, 0.25) is 0 Å². The summed E-state index contributed by atoms with van der Waals surface area (Å²) in [7, 11) is 3.20. The molecule has 122 valence electrons. The molecule has 1 aromatic heterocycles. The molecule has 0 saturated heterocycles. The van der Waals surface area contributed by atoms with E-state index in [1.807, 2.05) is 12.1 Å². The zero-order valence-electron chi connectivity index (χ0n) is 13.1. The fourth-order valence-electron chi connectivity index (χ4n) is 2.33. The minimum absolute atomic E-state index is 0.181. The monoisotopic (exact) mass is 335 g/mol. The van der Waals surface area contributed by atoms with E-state index in [9.17, 15) is 4.79 Å². The summed E-state index contributed by atoms with van der Waals surface area (Å²) < 4.78 is 17.6. The number of thioether (sulfide) groups is 1. The molecule has 0 aliphatic carbocycles. The van der Waals surface area contributed by atoms with Crippen molar-refractivity contribution in [3.05, 3.63) is 18.2 Å². The van der Waals surface area contributed by atoms with Crippen LogP contribution in [-0.4, -0.2) is 46.8 Å². The summed E-state index contributed by atoms with van der Waals surface area (Å²) in [4.78, 5) is 15.6. The second kappa shape index (κ2) is 6.49. The van der Waals surface area contributed by atoms with Gasteiger partial charge in [-0.3, -0.25) is 4.79 Å². The maximum atomic E-state index is 11.1. The number of aromatic nitrogens is 3. The van der Waals surface area contributed by atoms with Crippen LogP contribution in [0.5, 0.6) is 11.5 Å². The smallest absolute Gasteiger partial charge is 0.302 e. The van der Waals surface area contributed by atoms with Crippen molar-refractivity contribution in [3.8, 4) is 22.9 Å². The van der Waals surface area contributed by atoms with Gasteiger partial charge < -0.3 is 14.2 Å². The number of benzene rings is 1. The van der Waals surface area contributed by atoms with Gasteiger partial charge in [-0.15, -0.1) is 5.10 Å². The van der Waals surface area contributed by atoms with Gasteiger partial charge in [0, 0.05) is 24.3 Å². The Morgan fingerprint density at radius 2 is 1.96 bits per heavy atom. The second-order valence-corrected chi connectivity index (χ2v) is 6.03. The average molecular weight is 335 g/mol. The van der Waals surface area contributed by atoms with Crippen LogP contribution >= 0.6 is 11.8 Å². The normalized spacial score (nSPS) is 16.6. The van der Waals surface area contributed by atoms with Crippen LogP contribution in [0.15, 0.2) is 23.4 Å². The van der Waals surface area contributed by atoms with E-state index in [0.29, 0.717) is 29.6 Å². The van der Waals surface area contributed by atoms with Gasteiger partial charge in [-0.25, -0.2) is 9.67 Å². The van der Waals surface area contributed by atoms with Crippen LogP contribution in [0, 0.1) is 0 Å². The third-order valence-corrected chi connectivity index (χ3v) is 4.45. The molecule has 23 heavy (non-hydrogen) atoms. The van der Waals surface area contributed by atoms with Crippen molar-refractivity contribution in [3.63, 3.8) is 0 Å². The number of nitrogens with zero attached hydrogens (tertiary/aromatic N) is 3. The molecule has 1 aliphatic heterocycles. The van der Waals surface area contributed by atoms with Crippen molar-refractivity contribution in [1.29, 1.82) is 0 Å². The highest BCUT2D eigenvalue weighted by molar-refractivity contribution is 7.99. The van der Waals surface area contributed by atoms with Gasteiger partial charge in [-0.1, -0.05) is 11.8 Å². The molecule has 7 nitrogen and oxygen atoms in total. The van der Waals surface area contributed by atoms with Crippen molar-refractivity contribution in [2.24, 2.45) is 0 Å². The van der Waals surface area contributed by atoms with Crippen molar-refractivity contribution < 1.29 is 19.0 Å². The maximum absolute atomic E-state index is 11.1. The van der Waals surface area contributed by atoms with E-state index in [-0.39, 0.29) is 12.1 Å². The van der Waals surface area contributed by atoms with Gasteiger partial charge in [-0.2, -0.15) is 0 Å². The summed E-state index contributed by atoms with van der Waals surface area (Å²) >= 11 is 1.52. The maximum Gasteiger partial charge on any atom is 0.302 e. The Balaban J connectivity index is 1.89. The Labute approximate surface area is 137 Å². The van der Waals surface area contributed by atoms with E-state index in [1.165, 1.54) is 18.7 Å². The van der Waals surface area contributed by atoms with Gasteiger partial charge in [0.25, 0.3) is 0 Å². The molecule has 0 bridgehead atoms. The number of carbonyl (C=O) groups is 1. The molecule has 0 spiro atoms. The largest absolute Gasteiger partial charge is 0.497 e. The van der Waals surface area contributed by atoms with Crippen LogP contribution in [0.1, 0.15) is 6.92 Å². The minimum atomic E-state index is -0.281. The first-order valence-electron chi connectivity index (χ1n) is 7.07. The molecule has 0 N–H and O–H groups in total. The Hall–Kier alpha value is -2.22. The first-order chi connectivity index (χ1) is 11.1. The van der Waals surface area contributed by atoms with Crippen molar-refractivity contribution in [1.82, 2.24) is 14.8 Å². The summed E-state index contributed by atoms with van der Waals surface area (Å²) in [6, 6.07) is 5.52. The number of fused-ring (bicyclic) bond motifs is 1. The predicted octanol–water partition coefficient (Wildman–Crippen LogP) is 2.00. The first kappa shape index (κ1) is 15.7. The fraction of sp³-hybridized carbons (Fsp3) is 0.400. The van der Waals surface area contributed by atoms with Gasteiger partial charge in [0.1, 0.15) is 17.6 Å². The summed E-state index contributed by atoms with van der Waals surface area (Å²) in [5.74, 6) is 2.35. The number of hydrogen-bond acceptors (Lipinski definition) is 7. The van der Waals surface area contributed by atoms with Crippen LogP contribution in [0.2, 0.25) is 0 Å². The molecule has 0 radical (unpaired) electrons. The lowest BCUT2D eigenvalue weighted by Gasteiger charge is -2.21. The molecule has 2 aromatic rings. The predicted molar refractivity (Wildman–Crippen MR) is 84.8 cm³/mol. The topological polar surface area (TPSA) is 75.5 Å². The van der Waals surface area contributed by atoms with Crippen LogP contribution in [0.3, 0.4) is 0 Å². The van der Waals surface area contributed by atoms with Gasteiger partial charge in [0.05, 0.1) is 20.8 Å². The number of methoxy groups -OCH3 is 2. The Morgan fingerprint density at radius 1 is 1.26 bits per heavy atom. The number of esters is 1. The molecular formula is C15H17N3O4S. The first-order valence-corrected chi connectivity index (χ1v) is 8.06. The molecular weight excluding hydrogens is 318 g/mol. The summed E-state index contributed by atoms with van der Waals surface area (Å²) in [5.41, 5.74) is 0.813. The van der Waals surface area contributed by atoms with Gasteiger partial charge in [-0.05, 0) is 12.1 Å². The SMILES string of the molecule is COc1cc(OC)cc(-c2nc3n(n2)CC(OC(C)=O)CS3)c1. The third kappa shape index (κ3) is 3.42. The van der Waals surface area contributed by atoms with Crippen LogP contribution in [0.4, 0.5) is 0 Å². The van der Waals surface area contributed by atoms with E-state index in [2.05, 4.69) is 10.1 Å². The molecule has 0 amide bonds. The molecule has 1 aromatic carbocycles. The van der Waals surface area contributed by atoms with Gasteiger partial charge >= 0.3 is 5.97 Å². The number of rotatable bonds is 4. The van der Waals surface area contributed by atoms with Crippen molar-refractivity contribution >= 4 is 17.7 Å². The van der Waals surface area contributed by atoms with Crippen molar-refractivity contribution in [2.45, 2.75) is 24.7 Å². The van der Waals surface area contributed by atoms with E-state index in [1.54, 1.807) is 25.0 Å². The molecule has 3 rings (SSSR count). The second-order valence-electron chi connectivity index (χ2n) is 5.04. The molecule has 2 heterocycles. The number of carbonyl (C=O) groups excluding carboxylic acids is 1. The van der Waals surface area contributed by atoms with Gasteiger partial charge in [0.15, 0.2) is 11.0 Å². The highest BCUT2D eigenvalue weighted by Gasteiger charge is 2.25. The van der Waals surface area contributed by atoms with E-state index >= 15 is 0 Å². The summed E-state index contributed by atoms with van der Waals surface area (Å²) in [6.45, 7) is 1.92. The Morgan fingerprint density at radius 3 is 2.57 bits per heavy atom. The molecule has 1 aliphatic rings. The highest BCUT2D eigenvalue weighted by atomic mass is 32.2. The molecule has 1 atom stereocenters. The molecule has 0 saturated carbocycles. The van der Waals surface area contributed by atoms with Crippen LogP contribution in [0.25, 0.3) is 11.4 Å². The number of ether oxygens (including phenoxy) is 3. The minimum Gasteiger partial charge on any atom is -0.497 e. The lowest BCUT2D eigenvalue weighted by Crippen LogP contribution is -2.29. The Kier molecular flexibility index (Phi) is 4.42. The number of hydrogen-bond donors (Lipinski definition) is 0. The van der Waals surface area contributed by atoms with E-state index in [4.69, 9.17) is 14.2 Å². The zero-order chi connectivity index (χ0) is 16.4. The standard InChI is InChI=1S/C15H17N3O4S/c1-9(19)22-13-7-18-15(23-8-13)16-14(17-18)10-4-11(20-2)6-12(5-10)21-3/h4-6,13H,7-8H2,1-3H3. The van der Waals surface area contributed by atoms with E-state index in [0.717, 1.165) is 10.7 Å². The summed E-state index contributed by atoms with van der Waals surface area (Å²) in [5, 5.41) is 5.32. The molecule has 1 unspecified atom stereocenters. The van der Waals surface area contributed by atoms with Crippen molar-refractivity contribution in [2.75, 3.05) is 20.0 Å². The quantitative estimate of drug-likeness (QED) is 0.791. The highest BCUT2D eigenvalue weighted by Crippen LogP contribution is 2.31. The average Bonchev–Trinajstić information content (AvgIpc) is 2.97. The van der Waals surface area contributed by atoms with Crippen LogP contribution in [-0.2, 0) is 16.1 Å². The summed E-state index contributed by atoms with van der Waals surface area (Å²) in [6.07, 6.45) is -0.181. The lowest BCUT2D eigenvalue weighted by atomic mass is 10.2. The molecule has 8 heteroatoms. The third-order valence-electron chi connectivity index (χ3n) is 3.35. The lowest BCUT2D eigenvalue weighted by molar-refractivity contribution is -0.146. The van der Waals surface area contributed by atoms with E-state index < -0.39 is 0 Å². The van der Waals surface area contributed by atoms with Crippen LogP contribution < -0.4 is 9.47 Å².